The highest BCUT2D eigenvalue weighted by Crippen LogP contribution is 2.42. The summed E-state index contributed by atoms with van der Waals surface area (Å²) in [6, 6.07) is 7.00. The van der Waals surface area contributed by atoms with Crippen LogP contribution < -0.4 is 15.7 Å². The van der Waals surface area contributed by atoms with Crippen molar-refractivity contribution in [3.05, 3.63) is 51.7 Å². The third kappa shape index (κ3) is 4.09. The van der Waals surface area contributed by atoms with E-state index in [0.717, 1.165) is 32.1 Å². The monoisotopic (exact) mass is 441 g/mol. The summed E-state index contributed by atoms with van der Waals surface area (Å²) in [6.07, 6.45) is 5.10. The molecule has 4 rings (SSSR count). The van der Waals surface area contributed by atoms with Crippen LogP contribution in [0.4, 0.5) is 0 Å². The molecule has 2 heterocycles. The van der Waals surface area contributed by atoms with Gasteiger partial charge in [-0.15, -0.1) is 0 Å². The Kier molecular flexibility index (Phi) is 6.48. The molecule has 1 aliphatic carbocycles. The number of carbonyl (C=O) groups is 2. The fraction of sp³-hybridized carbons (Fsp3) is 0.458. The van der Waals surface area contributed by atoms with E-state index in [2.05, 4.69) is 5.32 Å². The van der Waals surface area contributed by atoms with Gasteiger partial charge in [0.2, 0.25) is 5.88 Å². The van der Waals surface area contributed by atoms with Gasteiger partial charge in [0.15, 0.2) is 5.75 Å². The molecule has 1 saturated carbocycles. The first-order valence-corrected chi connectivity index (χ1v) is 11.1. The topological polar surface area (TPSA) is 104 Å². The van der Waals surface area contributed by atoms with Gasteiger partial charge in [-0.3, -0.25) is 4.79 Å². The van der Waals surface area contributed by atoms with Crippen molar-refractivity contribution in [2.24, 2.45) is 0 Å². The Bertz CT molecular complexity index is 1110. The van der Waals surface area contributed by atoms with E-state index in [0.29, 0.717) is 11.0 Å². The van der Waals surface area contributed by atoms with Gasteiger partial charge < -0.3 is 23.9 Å². The normalized spacial score (nSPS) is 18.6. The van der Waals surface area contributed by atoms with Gasteiger partial charge in [0.25, 0.3) is 0 Å². The van der Waals surface area contributed by atoms with Gasteiger partial charge in [0, 0.05) is 6.04 Å². The first-order chi connectivity index (χ1) is 15.5. The van der Waals surface area contributed by atoms with Crippen molar-refractivity contribution in [2.75, 3.05) is 13.2 Å². The average Bonchev–Trinajstić information content (AvgIpc) is 2.79. The van der Waals surface area contributed by atoms with E-state index in [-0.39, 0.29) is 42.0 Å². The van der Waals surface area contributed by atoms with Gasteiger partial charge in [-0.2, -0.15) is 0 Å². The molecule has 32 heavy (non-hydrogen) atoms. The maximum atomic E-state index is 13.1. The number of esters is 2. The molecule has 1 aromatic heterocycles. The van der Waals surface area contributed by atoms with Crippen LogP contribution >= 0.6 is 0 Å². The van der Waals surface area contributed by atoms with E-state index >= 15 is 0 Å². The zero-order chi connectivity index (χ0) is 22.7. The molecule has 1 aromatic carbocycles. The van der Waals surface area contributed by atoms with Crippen LogP contribution in [0.1, 0.15) is 57.4 Å². The lowest BCUT2D eigenvalue weighted by Gasteiger charge is -2.31. The predicted octanol–water partition coefficient (Wildman–Crippen LogP) is 3.53. The molecule has 2 aromatic rings. The van der Waals surface area contributed by atoms with Gasteiger partial charge in [0.05, 0.1) is 18.6 Å². The molecular weight excluding hydrogens is 414 g/mol. The van der Waals surface area contributed by atoms with E-state index in [1.165, 1.54) is 0 Å². The van der Waals surface area contributed by atoms with Crippen LogP contribution in [0.5, 0.6) is 5.75 Å². The maximum Gasteiger partial charge on any atom is 0.344 e. The van der Waals surface area contributed by atoms with Crippen molar-refractivity contribution in [2.45, 2.75) is 57.9 Å². The van der Waals surface area contributed by atoms with Gasteiger partial charge in [-0.1, -0.05) is 31.4 Å². The molecule has 0 bridgehead atoms. The zero-order valence-electron chi connectivity index (χ0n) is 18.3. The number of fused-ring (bicyclic) bond motifs is 3. The molecule has 2 aliphatic rings. The Labute approximate surface area is 185 Å². The molecule has 0 spiro atoms. The minimum absolute atomic E-state index is 0.0561. The van der Waals surface area contributed by atoms with Crippen molar-refractivity contribution in [3.8, 4) is 5.75 Å². The van der Waals surface area contributed by atoms with Crippen LogP contribution in [0, 0.1) is 0 Å². The zero-order valence-corrected chi connectivity index (χ0v) is 18.3. The lowest BCUT2D eigenvalue weighted by molar-refractivity contribution is -0.148. The Morgan fingerprint density at radius 3 is 2.50 bits per heavy atom. The first kappa shape index (κ1) is 21.9. The van der Waals surface area contributed by atoms with E-state index in [1.807, 2.05) is 0 Å². The summed E-state index contributed by atoms with van der Waals surface area (Å²) >= 11 is 0. The average molecular weight is 441 g/mol. The second kappa shape index (κ2) is 9.46. The maximum absolute atomic E-state index is 13.1. The number of hydrogen-bond donors (Lipinski definition) is 1. The number of benzene rings is 1. The quantitative estimate of drug-likeness (QED) is 0.536. The molecule has 1 N–H and O–H groups in total. The van der Waals surface area contributed by atoms with Crippen LogP contribution in [-0.2, 0) is 19.1 Å². The highest BCUT2D eigenvalue weighted by atomic mass is 16.5. The van der Waals surface area contributed by atoms with Crippen LogP contribution in [-0.4, -0.2) is 31.2 Å². The second-order valence-electron chi connectivity index (χ2n) is 7.86. The number of ether oxygens (including phenoxy) is 3. The van der Waals surface area contributed by atoms with Crippen LogP contribution in [0.3, 0.4) is 0 Å². The van der Waals surface area contributed by atoms with Crippen molar-refractivity contribution >= 4 is 22.9 Å². The van der Waals surface area contributed by atoms with E-state index in [1.54, 1.807) is 38.1 Å². The second-order valence-corrected chi connectivity index (χ2v) is 7.86. The Hall–Kier alpha value is -3.29. The number of nitrogens with one attached hydrogen (secondary N) is 1. The summed E-state index contributed by atoms with van der Waals surface area (Å²) in [6.45, 7) is 3.53. The Morgan fingerprint density at radius 1 is 1.06 bits per heavy atom. The van der Waals surface area contributed by atoms with Crippen LogP contribution in [0.25, 0.3) is 11.0 Å². The minimum Gasteiger partial charge on any atom is -0.465 e. The molecule has 0 amide bonds. The van der Waals surface area contributed by atoms with Crippen molar-refractivity contribution in [1.29, 1.82) is 0 Å². The summed E-state index contributed by atoms with van der Waals surface area (Å²) in [7, 11) is 0. The fourth-order valence-electron chi connectivity index (χ4n) is 4.35. The summed E-state index contributed by atoms with van der Waals surface area (Å²) in [5, 5.41) is 3.85. The van der Waals surface area contributed by atoms with E-state index in [9.17, 15) is 14.4 Å². The lowest BCUT2D eigenvalue weighted by Crippen LogP contribution is -2.40. The lowest BCUT2D eigenvalue weighted by atomic mass is 9.88. The summed E-state index contributed by atoms with van der Waals surface area (Å²) < 4.78 is 22.1. The molecule has 1 atom stereocenters. The van der Waals surface area contributed by atoms with Crippen LogP contribution in [0.15, 0.2) is 44.9 Å². The molecule has 8 heteroatoms. The molecule has 170 valence electrons. The summed E-state index contributed by atoms with van der Waals surface area (Å²) in [5.41, 5.74) is -0.545. The molecule has 0 saturated heterocycles. The third-order valence-corrected chi connectivity index (χ3v) is 5.78. The van der Waals surface area contributed by atoms with E-state index in [4.69, 9.17) is 18.6 Å². The number of carbonyl (C=O) groups excluding carboxylic acids is 2. The minimum atomic E-state index is -1.32. The van der Waals surface area contributed by atoms with Gasteiger partial charge in [-0.25, -0.2) is 9.59 Å². The summed E-state index contributed by atoms with van der Waals surface area (Å²) in [4.78, 5) is 39.1. The standard InChI is InChI=1S/C24H27NO7/c1-3-29-22(26)17-18-20(15-12-8-9-13-16(15)31-24(18)28)32-21(19(17)23(27)30-4-2)25-14-10-6-5-7-11-14/h8-9,12-14,17,25H,3-7,10-11H2,1-2H3. The Balaban J connectivity index is 1.92. The largest absolute Gasteiger partial charge is 0.465 e. The molecule has 1 aliphatic heterocycles. The van der Waals surface area contributed by atoms with Crippen molar-refractivity contribution in [3.63, 3.8) is 0 Å². The molecule has 8 nitrogen and oxygen atoms in total. The SMILES string of the molecule is CCOC(=O)C1=C(NC2CCCCC2)Oc2c(c(=O)oc3ccccc23)C1C(=O)OCC. The highest BCUT2D eigenvalue weighted by Gasteiger charge is 2.44. The highest BCUT2D eigenvalue weighted by molar-refractivity contribution is 6.01. The molecule has 0 radical (unpaired) electrons. The third-order valence-electron chi connectivity index (χ3n) is 5.78. The predicted molar refractivity (Wildman–Crippen MR) is 116 cm³/mol. The summed E-state index contributed by atoms with van der Waals surface area (Å²) in [5.74, 6) is -2.45. The number of para-hydroxylation sites is 1. The Morgan fingerprint density at radius 2 is 1.78 bits per heavy atom. The van der Waals surface area contributed by atoms with Gasteiger partial charge in [0.1, 0.15) is 22.6 Å². The smallest absolute Gasteiger partial charge is 0.344 e. The van der Waals surface area contributed by atoms with Gasteiger partial charge in [-0.05, 0) is 38.8 Å². The van der Waals surface area contributed by atoms with Crippen molar-refractivity contribution < 1.29 is 28.2 Å². The first-order valence-electron chi connectivity index (χ1n) is 11.1. The van der Waals surface area contributed by atoms with Crippen LogP contribution in [0.2, 0.25) is 0 Å². The van der Waals surface area contributed by atoms with Gasteiger partial charge >= 0.3 is 17.6 Å². The number of hydrogen-bond acceptors (Lipinski definition) is 8. The molecular formula is C24H27NO7. The molecule has 1 unspecified atom stereocenters. The van der Waals surface area contributed by atoms with E-state index < -0.39 is 23.5 Å². The number of rotatable bonds is 6. The molecule has 1 fully saturated rings. The van der Waals surface area contributed by atoms with Crippen molar-refractivity contribution in [1.82, 2.24) is 5.32 Å². The fourth-order valence-corrected chi connectivity index (χ4v) is 4.35.